The largest absolute Gasteiger partial charge is 0.379 e. The molecule has 1 aliphatic heterocycles. The van der Waals surface area contributed by atoms with Crippen LogP contribution in [0.15, 0.2) is 54.6 Å². The van der Waals surface area contributed by atoms with Gasteiger partial charge in [0.2, 0.25) is 5.91 Å². The molecule has 6 nitrogen and oxygen atoms in total. The second-order valence-corrected chi connectivity index (χ2v) is 8.40. The summed E-state index contributed by atoms with van der Waals surface area (Å²) in [5, 5.41) is 2.87. The molecule has 1 unspecified atom stereocenters. The van der Waals surface area contributed by atoms with E-state index < -0.39 is 0 Å². The first-order valence-corrected chi connectivity index (χ1v) is 11.0. The minimum atomic E-state index is -0.0938. The summed E-state index contributed by atoms with van der Waals surface area (Å²) in [7, 11) is 0. The fourth-order valence-corrected chi connectivity index (χ4v) is 3.61. The molecule has 31 heavy (non-hydrogen) atoms. The Bertz CT molecular complexity index is 846. The number of hydrogen-bond donors (Lipinski definition) is 1. The lowest BCUT2D eigenvalue weighted by Crippen LogP contribution is -2.48. The molecule has 6 heteroatoms. The van der Waals surface area contributed by atoms with E-state index >= 15 is 0 Å². The molecule has 0 bridgehead atoms. The normalized spacial score (nSPS) is 15.5. The molecule has 3 rings (SSSR count). The van der Waals surface area contributed by atoms with Crippen LogP contribution in [0.5, 0.6) is 0 Å². The van der Waals surface area contributed by atoms with E-state index in [-0.39, 0.29) is 23.8 Å². The Morgan fingerprint density at radius 2 is 1.65 bits per heavy atom. The van der Waals surface area contributed by atoms with Gasteiger partial charge in [-0.3, -0.25) is 14.5 Å². The van der Waals surface area contributed by atoms with Gasteiger partial charge >= 0.3 is 0 Å². The average molecular weight is 424 g/mol. The quantitative estimate of drug-likeness (QED) is 0.704. The van der Waals surface area contributed by atoms with E-state index in [9.17, 15) is 9.59 Å². The van der Waals surface area contributed by atoms with Crippen molar-refractivity contribution in [3.05, 3.63) is 65.7 Å². The SMILES string of the molecule is CC(C)C(=O)Nc1ccc(C(=O)N(Cc2ccccc2)C(C)CN2CCOCC2)cc1. The smallest absolute Gasteiger partial charge is 0.254 e. The first kappa shape index (κ1) is 23.0. The minimum Gasteiger partial charge on any atom is -0.379 e. The molecular weight excluding hydrogens is 390 g/mol. The van der Waals surface area contributed by atoms with Crippen molar-refractivity contribution in [1.29, 1.82) is 0 Å². The summed E-state index contributed by atoms with van der Waals surface area (Å²) in [5.74, 6) is -0.140. The van der Waals surface area contributed by atoms with Gasteiger partial charge in [-0.25, -0.2) is 0 Å². The van der Waals surface area contributed by atoms with Crippen LogP contribution in [0.1, 0.15) is 36.7 Å². The lowest BCUT2D eigenvalue weighted by atomic mass is 10.1. The van der Waals surface area contributed by atoms with Crippen molar-refractivity contribution in [3.8, 4) is 0 Å². The van der Waals surface area contributed by atoms with Crippen LogP contribution in [-0.4, -0.2) is 60.5 Å². The van der Waals surface area contributed by atoms with Gasteiger partial charge in [-0.1, -0.05) is 44.2 Å². The number of anilines is 1. The van der Waals surface area contributed by atoms with E-state index in [4.69, 9.17) is 4.74 Å². The molecule has 1 N–H and O–H groups in total. The van der Waals surface area contributed by atoms with Crippen LogP contribution in [0.3, 0.4) is 0 Å². The fourth-order valence-electron chi connectivity index (χ4n) is 3.61. The number of hydrogen-bond acceptors (Lipinski definition) is 4. The highest BCUT2D eigenvalue weighted by Crippen LogP contribution is 2.17. The topological polar surface area (TPSA) is 61.9 Å². The number of morpholine rings is 1. The number of nitrogens with zero attached hydrogens (tertiary/aromatic N) is 2. The summed E-state index contributed by atoms with van der Waals surface area (Å²) in [4.78, 5) is 29.7. The van der Waals surface area contributed by atoms with Gasteiger partial charge in [0.15, 0.2) is 0 Å². The first-order chi connectivity index (χ1) is 14.9. The average Bonchev–Trinajstić information content (AvgIpc) is 2.78. The molecule has 1 fully saturated rings. The predicted octanol–water partition coefficient (Wildman–Crippen LogP) is 3.64. The summed E-state index contributed by atoms with van der Waals surface area (Å²) >= 11 is 0. The van der Waals surface area contributed by atoms with Gasteiger partial charge in [-0.05, 0) is 36.8 Å². The highest BCUT2D eigenvalue weighted by atomic mass is 16.5. The standard InChI is InChI=1S/C25H33N3O3/c1-19(2)24(29)26-23-11-9-22(10-12-23)25(30)28(18-21-7-5-4-6-8-21)20(3)17-27-13-15-31-16-14-27/h4-12,19-20H,13-18H2,1-3H3,(H,26,29). The zero-order chi connectivity index (χ0) is 22.2. The summed E-state index contributed by atoms with van der Waals surface area (Å²) in [6.45, 7) is 10.4. The summed E-state index contributed by atoms with van der Waals surface area (Å²) in [6.07, 6.45) is 0. The summed E-state index contributed by atoms with van der Waals surface area (Å²) in [5.41, 5.74) is 2.42. The number of nitrogens with one attached hydrogen (secondary N) is 1. The highest BCUT2D eigenvalue weighted by molar-refractivity contribution is 5.96. The Morgan fingerprint density at radius 1 is 1.00 bits per heavy atom. The maximum Gasteiger partial charge on any atom is 0.254 e. The van der Waals surface area contributed by atoms with E-state index in [1.54, 1.807) is 24.3 Å². The Labute approximate surface area is 185 Å². The zero-order valence-electron chi connectivity index (χ0n) is 18.7. The Morgan fingerprint density at radius 3 is 2.26 bits per heavy atom. The fraction of sp³-hybridized carbons (Fsp3) is 0.440. The van der Waals surface area contributed by atoms with Crippen molar-refractivity contribution >= 4 is 17.5 Å². The van der Waals surface area contributed by atoms with Crippen LogP contribution in [-0.2, 0) is 16.1 Å². The maximum absolute atomic E-state index is 13.5. The number of benzene rings is 2. The molecule has 2 aromatic rings. The van der Waals surface area contributed by atoms with Gasteiger partial charge in [0, 0.05) is 49.4 Å². The van der Waals surface area contributed by atoms with Gasteiger partial charge < -0.3 is 15.0 Å². The predicted molar refractivity (Wildman–Crippen MR) is 123 cm³/mol. The molecular formula is C25H33N3O3. The minimum absolute atomic E-state index is 0.00801. The molecule has 1 atom stereocenters. The zero-order valence-corrected chi connectivity index (χ0v) is 18.7. The molecule has 2 amide bonds. The number of ether oxygens (including phenoxy) is 1. The van der Waals surface area contributed by atoms with Crippen molar-refractivity contribution in [3.63, 3.8) is 0 Å². The van der Waals surface area contributed by atoms with E-state index in [0.717, 1.165) is 38.4 Å². The third kappa shape index (κ3) is 6.64. The van der Waals surface area contributed by atoms with E-state index in [1.807, 2.05) is 49.1 Å². The molecule has 0 aliphatic carbocycles. The monoisotopic (exact) mass is 423 g/mol. The number of rotatable bonds is 8. The van der Waals surface area contributed by atoms with Crippen molar-refractivity contribution < 1.29 is 14.3 Å². The van der Waals surface area contributed by atoms with Crippen molar-refractivity contribution in [2.75, 3.05) is 38.2 Å². The van der Waals surface area contributed by atoms with Crippen molar-refractivity contribution in [1.82, 2.24) is 9.80 Å². The maximum atomic E-state index is 13.5. The molecule has 0 saturated carbocycles. The summed E-state index contributed by atoms with van der Waals surface area (Å²) in [6, 6.07) is 17.3. The van der Waals surface area contributed by atoms with Crippen LogP contribution >= 0.6 is 0 Å². The summed E-state index contributed by atoms with van der Waals surface area (Å²) < 4.78 is 5.46. The first-order valence-electron chi connectivity index (χ1n) is 11.0. The number of carbonyl (C=O) groups is 2. The van der Waals surface area contributed by atoms with Crippen molar-refractivity contribution in [2.45, 2.75) is 33.4 Å². The van der Waals surface area contributed by atoms with Crippen LogP contribution in [0.25, 0.3) is 0 Å². The van der Waals surface area contributed by atoms with Gasteiger partial charge in [-0.15, -0.1) is 0 Å². The van der Waals surface area contributed by atoms with Crippen LogP contribution in [0.2, 0.25) is 0 Å². The van der Waals surface area contributed by atoms with E-state index in [0.29, 0.717) is 17.8 Å². The second-order valence-electron chi connectivity index (χ2n) is 8.40. The lowest BCUT2D eigenvalue weighted by molar-refractivity contribution is -0.118. The Hall–Kier alpha value is -2.70. The van der Waals surface area contributed by atoms with Crippen LogP contribution in [0.4, 0.5) is 5.69 Å². The Balaban J connectivity index is 1.75. The molecule has 0 spiro atoms. The van der Waals surface area contributed by atoms with Gasteiger partial charge in [0.25, 0.3) is 5.91 Å². The molecule has 2 aromatic carbocycles. The van der Waals surface area contributed by atoms with Crippen LogP contribution < -0.4 is 5.32 Å². The van der Waals surface area contributed by atoms with Crippen molar-refractivity contribution in [2.24, 2.45) is 5.92 Å². The van der Waals surface area contributed by atoms with E-state index in [2.05, 4.69) is 17.1 Å². The van der Waals surface area contributed by atoms with Crippen LogP contribution in [0, 0.1) is 5.92 Å². The molecule has 1 heterocycles. The molecule has 1 saturated heterocycles. The molecule has 1 aliphatic rings. The molecule has 0 aromatic heterocycles. The highest BCUT2D eigenvalue weighted by Gasteiger charge is 2.24. The molecule has 0 radical (unpaired) electrons. The second kappa shape index (κ2) is 11.1. The number of amides is 2. The number of carbonyl (C=O) groups excluding carboxylic acids is 2. The molecule has 166 valence electrons. The third-order valence-corrected chi connectivity index (χ3v) is 5.54. The van der Waals surface area contributed by atoms with Gasteiger partial charge in [0.1, 0.15) is 0 Å². The van der Waals surface area contributed by atoms with Gasteiger partial charge in [0.05, 0.1) is 13.2 Å². The van der Waals surface area contributed by atoms with Gasteiger partial charge in [-0.2, -0.15) is 0 Å². The Kier molecular flexibility index (Phi) is 8.20. The lowest BCUT2D eigenvalue weighted by Gasteiger charge is -2.35. The van der Waals surface area contributed by atoms with E-state index in [1.165, 1.54) is 0 Å². The third-order valence-electron chi connectivity index (χ3n) is 5.54.